The summed E-state index contributed by atoms with van der Waals surface area (Å²) in [6, 6.07) is -0.380. The summed E-state index contributed by atoms with van der Waals surface area (Å²) in [5.41, 5.74) is 0. The van der Waals surface area contributed by atoms with Crippen LogP contribution in [-0.4, -0.2) is 42.7 Å². The zero-order chi connectivity index (χ0) is 12.7. The van der Waals surface area contributed by atoms with Gasteiger partial charge in [-0.05, 0) is 25.7 Å². The molecule has 0 atom stereocenters. The largest absolute Gasteiger partial charge is 0.381 e. The Labute approximate surface area is 106 Å². The van der Waals surface area contributed by atoms with Gasteiger partial charge in [-0.3, -0.25) is 0 Å². The normalized spacial score (nSPS) is 24.1. The lowest BCUT2D eigenvalue weighted by atomic mass is 9.93. The first kappa shape index (κ1) is 14.2. The van der Waals surface area contributed by atoms with Crippen LogP contribution >= 0.6 is 11.6 Å². The van der Waals surface area contributed by atoms with Crippen molar-refractivity contribution in [2.75, 3.05) is 19.5 Å². The molecule has 0 spiro atoms. The van der Waals surface area contributed by atoms with Crippen molar-refractivity contribution in [1.82, 2.24) is 10.3 Å². The number of methoxy groups -OCH3 is 1. The number of carbonyl (C=O) groups is 1. The Morgan fingerprint density at radius 2 is 2.12 bits per heavy atom. The molecule has 1 aliphatic rings. The molecule has 1 aliphatic carbocycles. The molecule has 0 aromatic carbocycles. The molecule has 2 amide bonds. The van der Waals surface area contributed by atoms with E-state index in [1.165, 1.54) is 0 Å². The maximum absolute atomic E-state index is 11.6. The molecule has 0 aromatic rings. The summed E-state index contributed by atoms with van der Waals surface area (Å²) < 4.78 is 5.24. The number of halogens is 1. The van der Waals surface area contributed by atoms with E-state index in [1.807, 2.05) is 0 Å². The van der Waals surface area contributed by atoms with E-state index in [0.717, 1.165) is 30.7 Å². The van der Waals surface area contributed by atoms with Crippen LogP contribution in [0.3, 0.4) is 0 Å². The van der Waals surface area contributed by atoms with Gasteiger partial charge in [-0.2, -0.15) is 5.01 Å². The molecule has 1 N–H and O–H groups in total. The lowest BCUT2D eigenvalue weighted by Gasteiger charge is -2.28. The molecule has 0 saturated heterocycles. The maximum Gasteiger partial charge on any atom is 0.340 e. The summed E-state index contributed by atoms with van der Waals surface area (Å²) >= 11 is 5.46. The number of alkyl halides is 1. The highest BCUT2D eigenvalue weighted by molar-refractivity contribution is 6.18. The topological polar surface area (TPSA) is 71.0 Å². The van der Waals surface area contributed by atoms with Crippen LogP contribution in [0, 0.1) is 4.91 Å². The highest BCUT2D eigenvalue weighted by Crippen LogP contribution is 2.20. The number of rotatable bonds is 5. The third-order valence-corrected chi connectivity index (χ3v) is 3.13. The molecule has 1 fully saturated rings. The molecule has 1 rings (SSSR count). The van der Waals surface area contributed by atoms with Gasteiger partial charge in [0.05, 0.1) is 17.9 Å². The van der Waals surface area contributed by atoms with Gasteiger partial charge >= 0.3 is 6.03 Å². The predicted molar refractivity (Wildman–Crippen MR) is 64.8 cm³/mol. The summed E-state index contributed by atoms with van der Waals surface area (Å²) in [7, 11) is 1.70. The van der Waals surface area contributed by atoms with Gasteiger partial charge in [0, 0.05) is 19.0 Å². The Morgan fingerprint density at radius 3 is 2.59 bits per heavy atom. The van der Waals surface area contributed by atoms with Crippen molar-refractivity contribution >= 4 is 17.6 Å². The van der Waals surface area contributed by atoms with E-state index in [-0.39, 0.29) is 24.6 Å². The van der Waals surface area contributed by atoms with Crippen LogP contribution < -0.4 is 5.32 Å². The monoisotopic (exact) mass is 263 g/mol. The molecule has 0 unspecified atom stereocenters. The first-order valence-electron chi connectivity index (χ1n) is 5.71. The fourth-order valence-electron chi connectivity index (χ4n) is 1.95. The summed E-state index contributed by atoms with van der Waals surface area (Å²) in [6.45, 7) is 0.129. The number of carbonyl (C=O) groups excluding carboxylic acids is 1. The van der Waals surface area contributed by atoms with Crippen molar-refractivity contribution < 1.29 is 9.53 Å². The second-order valence-corrected chi connectivity index (χ2v) is 4.43. The number of urea groups is 1. The van der Waals surface area contributed by atoms with Crippen LogP contribution in [0.15, 0.2) is 5.29 Å². The smallest absolute Gasteiger partial charge is 0.340 e. The number of nitrogens with zero attached hydrogens (tertiary/aromatic N) is 2. The van der Waals surface area contributed by atoms with E-state index in [1.54, 1.807) is 7.11 Å². The van der Waals surface area contributed by atoms with Gasteiger partial charge in [0.2, 0.25) is 0 Å². The summed E-state index contributed by atoms with van der Waals surface area (Å²) in [5.74, 6) is 0.190. The van der Waals surface area contributed by atoms with Gasteiger partial charge in [0.25, 0.3) is 0 Å². The minimum atomic E-state index is -0.471. The molecule has 0 bridgehead atoms. The van der Waals surface area contributed by atoms with E-state index < -0.39 is 6.03 Å². The molecule has 17 heavy (non-hydrogen) atoms. The number of hydrogen-bond donors (Lipinski definition) is 1. The zero-order valence-corrected chi connectivity index (χ0v) is 10.7. The molecule has 0 aliphatic heterocycles. The molecule has 0 radical (unpaired) electrons. The fourth-order valence-corrected chi connectivity index (χ4v) is 2.11. The van der Waals surface area contributed by atoms with Crippen LogP contribution in [0.5, 0.6) is 0 Å². The van der Waals surface area contributed by atoms with Crippen molar-refractivity contribution in [2.24, 2.45) is 5.29 Å². The van der Waals surface area contributed by atoms with E-state index in [4.69, 9.17) is 16.3 Å². The van der Waals surface area contributed by atoms with Gasteiger partial charge in [0.1, 0.15) is 0 Å². The summed E-state index contributed by atoms with van der Waals surface area (Å²) in [5, 5.41) is 6.23. The standard InChI is InChI=1S/C10H18ClN3O3/c1-17-9-4-2-8(3-5-9)12-10(15)14(13-16)7-6-11/h8-9H,2-7H2,1H3,(H,12,15). The van der Waals surface area contributed by atoms with Crippen LogP contribution in [0.2, 0.25) is 0 Å². The van der Waals surface area contributed by atoms with Crippen LogP contribution in [0.1, 0.15) is 25.7 Å². The van der Waals surface area contributed by atoms with Gasteiger partial charge < -0.3 is 10.1 Å². The fraction of sp³-hybridized carbons (Fsp3) is 0.900. The summed E-state index contributed by atoms with van der Waals surface area (Å²) in [6.07, 6.45) is 3.85. The number of ether oxygens (including phenoxy) is 1. The minimum absolute atomic E-state index is 0.0912. The first-order chi connectivity index (χ1) is 8.21. The average molecular weight is 264 g/mol. The third-order valence-electron chi connectivity index (χ3n) is 2.96. The van der Waals surface area contributed by atoms with Crippen molar-refractivity contribution in [2.45, 2.75) is 37.8 Å². The second kappa shape index (κ2) is 7.45. The quantitative estimate of drug-likeness (QED) is 0.468. The Morgan fingerprint density at radius 1 is 1.47 bits per heavy atom. The lowest BCUT2D eigenvalue weighted by molar-refractivity contribution is 0.0628. The SMILES string of the molecule is COC1CCC(NC(=O)N(CCCl)N=O)CC1. The van der Waals surface area contributed by atoms with Crippen LogP contribution in [-0.2, 0) is 4.74 Å². The third kappa shape index (κ3) is 4.47. The number of nitroso groups, excluding NO2 is 1. The molecular weight excluding hydrogens is 246 g/mol. The zero-order valence-electron chi connectivity index (χ0n) is 9.89. The minimum Gasteiger partial charge on any atom is -0.381 e. The van der Waals surface area contributed by atoms with E-state index in [0.29, 0.717) is 0 Å². The highest BCUT2D eigenvalue weighted by Gasteiger charge is 2.24. The molecular formula is C10H18ClN3O3. The van der Waals surface area contributed by atoms with Gasteiger partial charge in [-0.15, -0.1) is 16.5 Å². The van der Waals surface area contributed by atoms with Gasteiger partial charge in [-0.1, -0.05) is 0 Å². The van der Waals surface area contributed by atoms with Crippen molar-refractivity contribution in [3.63, 3.8) is 0 Å². The van der Waals surface area contributed by atoms with E-state index >= 15 is 0 Å². The van der Waals surface area contributed by atoms with Crippen LogP contribution in [0.25, 0.3) is 0 Å². The van der Waals surface area contributed by atoms with E-state index in [2.05, 4.69) is 10.6 Å². The maximum atomic E-state index is 11.6. The Balaban J connectivity index is 2.33. The molecule has 6 nitrogen and oxygen atoms in total. The Hall–Kier alpha value is -0.880. The van der Waals surface area contributed by atoms with Crippen LogP contribution in [0.4, 0.5) is 4.79 Å². The lowest BCUT2D eigenvalue weighted by Crippen LogP contribution is -2.45. The predicted octanol–water partition coefficient (Wildman–Crippen LogP) is 1.88. The average Bonchev–Trinajstić information content (AvgIpc) is 2.36. The van der Waals surface area contributed by atoms with Gasteiger partial charge in [0.15, 0.2) is 0 Å². The molecule has 7 heteroatoms. The number of nitrogens with one attached hydrogen (secondary N) is 1. The molecule has 1 saturated carbocycles. The van der Waals surface area contributed by atoms with Gasteiger partial charge in [-0.25, -0.2) is 4.79 Å². The number of amides is 2. The number of hydrogen-bond acceptors (Lipinski definition) is 4. The Kier molecular flexibility index (Phi) is 6.21. The molecule has 98 valence electrons. The molecule has 0 aromatic heterocycles. The second-order valence-electron chi connectivity index (χ2n) is 4.05. The van der Waals surface area contributed by atoms with Crippen molar-refractivity contribution in [3.05, 3.63) is 4.91 Å². The van der Waals surface area contributed by atoms with Crippen molar-refractivity contribution in [1.29, 1.82) is 0 Å². The molecule has 0 heterocycles. The van der Waals surface area contributed by atoms with E-state index in [9.17, 15) is 9.70 Å². The summed E-state index contributed by atoms with van der Waals surface area (Å²) in [4.78, 5) is 22.0. The van der Waals surface area contributed by atoms with Crippen molar-refractivity contribution in [3.8, 4) is 0 Å². The first-order valence-corrected chi connectivity index (χ1v) is 6.24. The highest BCUT2D eigenvalue weighted by atomic mass is 35.5. The Bertz CT molecular complexity index is 257.